The maximum Gasteiger partial charge on any atom is 0.224 e. The first-order valence-electron chi connectivity index (χ1n) is 6.54. The largest absolute Gasteiger partial charge is 0.326 e. The van der Waals surface area contributed by atoms with Crippen molar-refractivity contribution in [2.45, 2.75) is 38.4 Å². The number of anilines is 1. The lowest BCUT2D eigenvalue weighted by atomic mass is 10.0. The van der Waals surface area contributed by atoms with Gasteiger partial charge in [-0.25, -0.2) is 0 Å². The van der Waals surface area contributed by atoms with E-state index in [4.69, 9.17) is 0 Å². The number of Topliss-reactive ketones (excluding diaryl/α,β-unsaturated/α-hetero) is 1. The number of hydrogen-bond acceptors (Lipinski definition) is 2. The predicted molar refractivity (Wildman–Crippen MR) is 81.9 cm³/mol. The zero-order chi connectivity index (χ0) is 14.4. The summed E-state index contributed by atoms with van der Waals surface area (Å²) in [5, 5.41) is 2.80. The number of alkyl halides is 1. The van der Waals surface area contributed by atoms with Crippen LogP contribution in [0.5, 0.6) is 0 Å². The van der Waals surface area contributed by atoms with Crippen molar-refractivity contribution in [1.29, 1.82) is 0 Å². The molecular weight excluding hydrogens is 306 g/mol. The van der Waals surface area contributed by atoms with E-state index in [2.05, 4.69) is 21.2 Å². The van der Waals surface area contributed by atoms with Gasteiger partial charge in [-0.15, -0.1) is 0 Å². The molecule has 1 aromatic carbocycles. The standard InChI is InChI=1S/C15H20BrNO2/c1-4-5-13(18)17-12-8-6-11(7-9-12)15(19)14(16)10(2)3/h6-10,14H,4-5H2,1-3H3,(H,17,18). The topological polar surface area (TPSA) is 46.2 Å². The molecule has 0 aliphatic carbocycles. The third-order valence-electron chi connectivity index (χ3n) is 2.77. The molecular formula is C15H20BrNO2. The van der Waals surface area contributed by atoms with E-state index in [1.54, 1.807) is 24.3 Å². The fourth-order valence-electron chi connectivity index (χ4n) is 1.63. The van der Waals surface area contributed by atoms with Crippen LogP contribution < -0.4 is 5.32 Å². The Balaban J connectivity index is 2.71. The molecule has 1 N–H and O–H groups in total. The number of carbonyl (C=O) groups excluding carboxylic acids is 2. The molecule has 1 aromatic rings. The van der Waals surface area contributed by atoms with Gasteiger partial charge in [0.25, 0.3) is 0 Å². The number of halogens is 1. The fraction of sp³-hybridized carbons (Fsp3) is 0.467. The van der Waals surface area contributed by atoms with Crippen LogP contribution in [-0.2, 0) is 4.79 Å². The Kier molecular flexibility index (Phi) is 6.22. The molecule has 0 heterocycles. The number of ketones is 1. The van der Waals surface area contributed by atoms with Gasteiger partial charge < -0.3 is 5.32 Å². The molecule has 4 heteroatoms. The molecule has 0 aromatic heterocycles. The number of hydrogen-bond donors (Lipinski definition) is 1. The summed E-state index contributed by atoms with van der Waals surface area (Å²) in [7, 11) is 0. The van der Waals surface area contributed by atoms with E-state index in [1.807, 2.05) is 20.8 Å². The smallest absolute Gasteiger partial charge is 0.224 e. The van der Waals surface area contributed by atoms with Gasteiger partial charge in [0.15, 0.2) is 5.78 Å². The van der Waals surface area contributed by atoms with Crippen LogP contribution in [0, 0.1) is 5.92 Å². The van der Waals surface area contributed by atoms with Crippen LogP contribution >= 0.6 is 15.9 Å². The van der Waals surface area contributed by atoms with E-state index in [0.29, 0.717) is 12.0 Å². The first kappa shape index (κ1) is 15.9. The number of rotatable bonds is 6. The molecule has 0 bridgehead atoms. The van der Waals surface area contributed by atoms with E-state index in [-0.39, 0.29) is 22.4 Å². The summed E-state index contributed by atoms with van der Waals surface area (Å²) in [5.41, 5.74) is 1.38. The molecule has 0 aliphatic heterocycles. The number of nitrogens with one attached hydrogen (secondary N) is 1. The van der Waals surface area contributed by atoms with E-state index in [0.717, 1.165) is 12.1 Å². The highest BCUT2D eigenvalue weighted by Crippen LogP contribution is 2.19. The Hall–Kier alpha value is -1.16. The van der Waals surface area contributed by atoms with Gasteiger partial charge in [0.2, 0.25) is 5.91 Å². The van der Waals surface area contributed by atoms with Gasteiger partial charge in [-0.05, 0) is 36.6 Å². The minimum atomic E-state index is -0.173. The fourth-order valence-corrected chi connectivity index (χ4v) is 1.89. The van der Waals surface area contributed by atoms with Gasteiger partial charge in [0, 0.05) is 17.7 Å². The van der Waals surface area contributed by atoms with E-state index in [9.17, 15) is 9.59 Å². The quantitative estimate of drug-likeness (QED) is 0.634. The van der Waals surface area contributed by atoms with Crippen molar-refractivity contribution in [3.63, 3.8) is 0 Å². The Morgan fingerprint density at radius 2 is 1.79 bits per heavy atom. The van der Waals surface area contributed by atoms with E-state index >= 15 is 0 Å². The van der Waals surface area contributed by atoms with Crippen LogP contribution in [0.2, 0.25) is 0 Å². The molecule has 1 atom stereocenters. The first-order chi connectivity index (χ1) is 8.95. The molecule has 0 radical (unpaired) electrons. The lowest BCUT2D eigenvalue weighted by molar-refractivity contribution is -0.116. The van der Waals surface area contributed by atoms with Crippen molar-refractivity contribution in [3.8, 4) is 0 Å². The van der Waals surface area contributed by atoms with E-state index < -0.39 is 0 Å². The SMILES string of the molecule is CCCC(=O)Nc1ccc(C(=O)C(Br)C(C)C)cc1. The molecule has 19 heavy (non-hydrogen) atoms. The zero-order valence-electron chi connectivity index (χ0n) is 11.6. The molecule has 1 unspecified atom stereocenters. The summed E-state index contributed by atoms with van der Waals surface area (Å²) in [6, 6.07) is 7.03. The summed E-state index contributed by atoms with van der Waals surface area (Å²) in [5.74, 6) is 0.319. The second-order valence-electron chi connectivity index (χ2n) is 4.89. The van der Waals surface area contributed by atoms with Crippen LogP contribution in [0.4, 0.5) is 5.69 Å². The summed E-state index contributed by atoms with van der Waals surface area (Å²) >= 11 is 3.40. The van der Waals surface area contributed by atoms with Gasteiger partial charge in [-0.1, -0.05) is 36.7 Å². The first-order valence-corrected chi connectivity index (χ1v) is 7.45. The Labute approximate surface area is 122 Å². The highest BCUT2D eigenvalue weighted by molar-refractivity contribution is 9.10. The number of amides is 1. The van der Waals surface area contributed by atoms with Gasteiger partial charge in [0.1, 0.15) is 0 Å². The zero-order valence-corrected chi connectivity index (χ0v) is 13.2. The normalized spacial score (nSPS) is 12.3. The molecule has 0 aliphatic rings. The van der Waals surface area contributed by atoms with Gasteiger partial charge >= 0.3 is 0 Å². The molecule has 0 saturated carbocycles. The summed E-state index contributed by atoms with van der Waals surface area (Å²) in [6.45, 7) is 5.96. The Morgan fingerprint density at radius 1 is 1.21 bits per heavy atom. The van der Waals surface area contributed by atoms with Gasteiger partial charge in [0.05, 0.1) is 4.83 Å². The number of carbonyl (C=O) groups is 2. The third-order valence-corrected chi connectivity index (χ3v) is 4.24. The second kappa shape index (κ2) is 7.43. The van der Waals surface area contributed by atoms with Crippen molar-refractivity contribution in [2.75, 3.05) is 5.32 Å². The van der Waals surface area contributed by atoms with Crippen LogP contribution in [0.25, 0.3) is 0 Å². The molecule has 0 saturated heterocycles. The molecule has 0 spiro atoms. The third kappa shape index (κ3) is 4.78. The predicted octanol–water partition coefficient (Wildman–Crippen LogP) is 4.03. The average Bonchev–Trinajstić information content (AvgIpc) is 2.38. The molecule has 0 fully saturated rings. The molecule has 104 valence electrons. The minimum Gasteiger partial charge on any atom is -0.326 e. The van der Waals surface area contributed by atoms with Crippen molar-refractivity contribution in [2.24, 2.45) is 5.92 Å². The maximum absolute atomic E-state index is 12.1. The summed E-state index contributed by atoms with van der Waals surface area (Å²) in [4.78, 5) is 23.4. The molecule has 3 nitrogen and oxygen atoms in total. The van der Waals surface area contributed by atoms with Crippen molar-refractivity contribution in [1.82, 2.24) is 0 Å². The van der Waals surface area contributed by atoms with Crippen LogP contribution in [0.15, 0.2) is 24.3 Å². The number of benzene rings is 1. The Bertz CT molecular complexity index is 440. The van der Waals surface area contributed by atoms with Crippen molar-refractivity contribution < 1.29 is 9.59 Å². The van der Waals surface area contributed by atoms with E-state index in [1.165, 1.54) is 0 Å². The molecule has 1 amide bonds. The van der Waals surface area contributed by atoms with Crippen LogP contribution in [-0.4, -0.2) is 16.5 Å². The van der Waals surface area contributed by atoms with Crippen molar-refractivity contribution in [3.05, 3.63) is 29.8 Å². The maximum atomic E-state index is 12.1. The van der Waals surface area contributed by atoms with Crippen molar-refractivity contribution >= 4 is 33.3 Å². The minimum absolute atomic E-state index is 0.00197. The average molecular weight is 326 g/mol. The monoisotopic (exact) mass is 325 g/mol. The molecule has 1 rings (SSSR count). The highest BCUT2D eigenvalue weighted by atomic mass is 79.9. The summed E-state index contributed by atoms with van der Waals surface area (Å²) < 4.78 is 0. The summed E-state index contributed by atoms with van der Waals surface area (Å²) in [6.07, 6.45) is 1.33. The van der Waals surface area contributed by atoms with Crippen LogP contribution in [0.1, 0.15) is 44.0 Å². The second-order valence-corrected chi connectivity index (χ2v) is 5.87. The Morgan fingerprint density at radius 3 is 2.26 bits per heavy atom. The van der Waals surface area contributed by atoms with Gasteiger partial charge in [-0.3, -0.25) is 9.59 Å². The lowest BCUT2D eigenvalue weighted by Crippen LogP contribution is -2.20. The lowest BCUT2D eigenvalue weighted by Gasteiger charge is -2.12. The highest BCUT2D eigenvalue weighted by Gasteiger charge is 2.19. The van der Waals surface area contributed by atoms with Crippen LogP contribution in [0.3, 0.4) is 0 Å². The van der Waals surface area contributed by atoms with Gasteiger partial charge in [-0.2, -0.15) is 0 Å².